The van der Waals surface area contributed by atoms with Gasteiger partial charge in [0.15, 0.2) is 5.78 Å². The molecule has 3 aromatic rings. The van der Waals surface area contributed by atoms with E-state index in [-0.39, 0.29) is 5.78 Å². The van der Waals surface area contributed by atoms with Crippen molar-refractivity contribution < 1.29 is 13.6 Å². The number of ketones is 1. The molecule has 0 N–H and O–H groups in total. The van der Waals surface area contributed by atoms with Crippen molar-refractivity contribution in [3.8, 4) is 11.3 Å². The minimum Gasteiger partial charge on any atom is -0.456 e. The van der Waals surface area contributed by atoms with E-state index in [1.807, 2.05) is 25.1 Å². The van der Waals surface area contributed by atoms with E-state index in [1.54, 1.807) is 6.07 Å². The van der Waals surface area contributed by atoms with E-state index in [9.17, 15) is 9.18 Å². The van der Waals surface area contributed by atoms with Crippen LogP contribution in [0.3, 0.4) is 0 Å². The van der Waals surface area contributed by atoms with Crippen LogP contribution < -0.4 is 0 Å². The third-order valence-corrected chi connectivity index (χ3v) is 3.31. The van der Waals surface area contributed by atoms with Crippen molar-refractivity contribution in [2.24, 2.45) is 0 Å². The molecule has 0 saturated carbocycles. The minimum absolute atomic E-state index is 0.0989. The molecule has 0 unspecified atom stereocenters. The second-order valence-electron chi connectivity index (χ2n) is 4.90. The highest BCUT2D eigenvalue weighted by atomic mass is 19.1. The van der Waals surface area contributed by atoms with Crippen molar-refractivity contribution in [1.29, 1.82) is 0 Å². The van der Waals surface area contributed by atoms with E-state index < -0.39 is 5.82 Å². The predicted octanol–water partition coefficient (Wildman–Crippen LogP) is 4.75. The van der Waals surface area contributed by atoms with E-state index in [2.05, 4.69) is 0 Å². The molecule has 0 amide bonds. The van der Waals surface area contributed by atoms with Gasteiger partial charge in [-0.1, -0.05) is 11.6 Å². The molecule has 2 nitrogen and oxygen atoms in total. The van der Waals surface area contributed by atoms with Crippen LogP contribution in [0.25, 0.3) is 22.3 Å². The number of carbonyl (C=O) groups is 1. The molecular weight excluding hydrogens is 255 g/mol. The van der Waals surface area contributed by atoms with Gasteiger partial charge in [0.05, 0.1) is 5.56 Å². The molecular formula is C17H13FO2. The summed E-state index contributed by atoms with van der Waals surface area (Å²) in [5.41, 5.74) is 2.60. The molecule has 20 heavy (non-hydrogen) atoms. The van der Waals surface area contributed by atoms with Gasteiger partial charge in [0.1, 0.15) is 17.2 Å². The second kappa shape index (κ2) is 4.60. The first-order valence-electron chi connectivity index (χ1n) is 6.35. The molecule has 3 heteroatoms. The summed E-state index contributed by atoms with van der Waals surface area (Å²) < 4.78 is 19.6. The first-order valence-corrected chi connectivity index (χ1v) is 6.35. The molecule has 0 aliphatic heterocycles. The Labute approximate surface area is 115 Å². The first kappa shape index (κ1) is 12.6. The molecule has 2 aromatic carbocycles. The van der Waals surface area contributed by atoms with Crippen LogP contribution >= 0.6 is 0 Å². The first-order chi connectivity index (χ1) is 9.54. The summed E-state index contributed by atoms with van der Waals surface area (Å²) in [5.74, 6) is -0.0600. The summed E-state index contributed by atoms with van der Waals surface area (Å²) in [5, 5.41) is 0.924. The van der Waals surface area contributed by atoms with Crippen LogP contribution in [0.2, 0.25) is 0 Å². The zero-order valence-electron chi connectivity index (χ0n) is 11.2. The van der Waals surface area contributed by atoms with Gasteiger partial charge in [-0.2, -0.15) is 0 Å². The molecule has 1 aromatic heterocycles. The second-order valence-corrected chi connectivity index (χ2v) is 4.90. The van der Waals surface area contributed by atoms with Gasteiger partial charge < -0.3 is 4.42 Å². The summed E-state index contributed by atoms with van der Waals surface area (Å²) in [6.07, 6.45) is 0. The lowest BCUT2D eigenvalue weighted by Gasteiger charge is -2.01. The zero-order valence-corrected chi connectivity index (χ0v) is 11.2. The largest absolute Gasteiger partial charge is 0.456 e. The SMILES string of the molecule is CC(=O)c1ccc(F)c(-c2cc3cc(C)ccc3o2)c1. The zero-order chi connectivity index (χ0) is 14.3. The summed E-state index contributed by atoms with van der Waals surface area (Å²) in [7, 11) is 0. The standard InChI is InChI=1S/C17H13FO2/c1-10-3-6-16-13(7-10)9-17(20-16)14-8-12(11(2)19)4-5-15(14)18/h3-9H,1-2H3. The predicted molar refractivity (Wildman–Crippen MR) is 76.3 cm³/mol. The molecule has 0 atom stereocenters. The van der Waals surface area contributed by atoms with Gasteiger partial charge in [-0.3, -0.25) is 4.79 Å². The van der Waals surface area contributed by atoms with Crippen molar-refractivity contribution in [2.75, 3.05) is 0 Å². The number of hydrogen-bond donors (Lipinski definition) is 0. The fourth-order valence-electron chi connectivity index (χ4n) is 2.23. The van der Waals surface area contributed by atoms with Crippen molar-refractivity contribution in [3.63, 3.8) is 0 Å². The highest BCUT2D eigenvalue weighted by molar-refractivity contribution is 5.95. The molecule has 3 rings (SSSR count). The number of carbonyl (C=O) groups excluding carboxylic acids is 1. The van der Waals surface area contributed by atoms with Gasteiger partial charge in [-0.05, 0) is 50.2 Å². The van der Waals surface area contributed by atoms with Crippen LogP contribution in [-0.2, 0) is 0 Å². The maximum Gasteiger partial charge on any atom is 0.159 e. The maximum atomic E-state index is 14.0. The van der Waals surface area contributed by atoms with Crippen LogP contribution in [0, 0.1) is 12.7 Å². The average molecular weight is 268 g/mol. The molecule has 0 aliphatic carbocycles. The summed E-state index contributed by atoms with van der Waals surface area (Å²) in [4.78, 5) is 11.4. The van der Waals surface area contributed by atoms with Gasteiger partial charge in [0.25, 0.3) is 0 Å². The van der Waals surface area contributed by atoms with E-state index >= 15 is 0 Å². The summed E-state index contributed by atoms with van der Waals surface area (Å²) in [6.45, 7) is 3.45. The molecule has 0 bridgehead atoms. The maximum absolute atomic E-state index is 14.0. The van der Waals surface area contributed by atoms with Crippen LogP contribution in [0.5, 0.6) is 0 Å². The highest BCUT2D eigenvalue weighted by Gasteiger charge is 2.13. The Bertz CT molecular complexity index is 815. The van der Waals surface area contributed by atoms with E-state index in [4.69, 9.17) is 4.42 Å². The lowest BCUT2D eigenvalue weighted by atomic mass is 10.1. The molecule has 1 heterocycles. The molecule has 0 radical (unpaired) electrons. The van der Waals surface area contributed by atoms with Crippen molar-refractivity contribution >= 4 is 16.8 Å². The van der Waals surface area contributed by atoms with Gasteiger partial charge in [-0.25, -0.2) is 4.39 Å². The Morgan fingerprint density at radius 2 is 1.90 bits per heavy atom. The molecule has 0 spiro atoms. The normalized spacial score (nSPS) is 10.9. The number of fused-ring (bicyclic) bond motifs is 1. The monoisotopic (exact) mass is 268 g/mol. The molecule has 0 saturated heterocycles. The third kappa shape index (κ3) is 2.11. The van der Waals surface area contributed by atoms with Crippen LogP contribution in [0.15, 0.2) is 46.9 Å². The minimum atomic E-state index is -0.397. The number of furan rings is 1. The fourth-order valence-corrected chi connectivity index (χ4v) is 2.23. The summed E-state index contributed by atoms with van der Waals surface area (Å²) in [6, 6.07) is 11.9. The Hall–Kier alpha value is -2.42. The van der Waals surface area contributed by atoms with Crippen LogP contribution in [0.1, 0.15) is 22.8 Å². The Balaban J connectivity index is 2.19. The van der Waals surface area contributed by atoms with Crippen molar-refractivity contribution in [2.45, 2.75) is 13.8 Å². The lowest BCUT2D eigenvalue weighted by molar-refractivity contribution is 0.101. The highest BCUT2D eigenvalue weighted by Crippen LogP contribution is 2.30. The number of benzene rings is 2. The quantitative estimate of drug-likeness (QED) is 0.628. The smallest absolute Gasteiger partial charge is 0.159 e. The number of aryl methyl sites for hydroxylation is 1. The van der Waals surface area contributed by atoms with Crippen molar-refractivity contribution in [1.82, 2.24) is 0 Å². The fraction of sp³-hybridized carbons (Fsp3) is 0.118. The molecule has 100 valence electrons. The number of halogens is 1. The van der Waals surface area contributed by atoms with Gasteiger partial charge in [0.2, 0.25) is 0 Å². The van der Waals surface area contributed by atoms with Gasteiger partial charge >= 0.3 is 0 Å². The molecule has 0 fully saturated rings. The van der Waals surface area contributed by atoms with Crippen LogP contribution in [-0.4, -0.2) is 5.78 Å². The number of hydrogen-bond acceptors (Lipinski definition) is 2. The summed E-state index contributed by atoms with van der Waals surface area (Å²) >= 11 is 0. The van der Waals surface area contributed by atoms with E-state index in [1.165, 1.54) is 25.1 Å². The Kier molecular flexibility index (Phi) is 2.90. The number of Topliss-reactive ketones (excluding diaryl/α,β-unsaturated/α-hetero) is 1. The van der Waals surface area contributed by atoms with E-state index in [0.717, 1.165) is 10.9 Å². The average Bonchev–Trinajstić information content (AvgIpc) is 2.81. The Morgan fingerprint density at radius 3 is 2.65 bits per heavy atom. The van der Waals surface area contributed by atoms with E-state index in [0.29, 0.717) is 22.5 Å². The van der Waals surface area contributed by atoms with Crippen molar-refractivity contribution in [3.05, 3.63) is 59.4 Å². The van der Waals surface area contributed by atoms with Crippen LogP contribution in [0.4, 0.5) is 4.39 Å². The topological polar surface area (TPSA) is 30.2 Å². The lowest BCUT2D eigenvalue weighted by Crippen LogP contribution is -1.93. The molecule has 0 aliphatic rings. The van der Waals surface area contributed by atoms with Gasteiger partial charge in [0, 0.05) is 10.9 Å². The third-order valence-electron chi connectivity index (χ3n) is 3.31. The number of rotatable bonds is 2. The Morgan fingerprint density at radius 1 is 1.10 bits per heavy atom. The van der Waals surface area contributed by atoms with Gasteiger partial charge in [-0.15, -0.1) is 0 Å².